The van der Waals surface area contributed by atoms with Crippen molar-refractivity contribution in [3.8, 4) is 0 Å². The number of rotatable bonds is 0. The molecule has 0 aliphatic carbocycles. The van der Waals surface area contributed by atoms with E-state index in [1.165, 1.54) is 11.8 Å². The fourth-order valence-corrected chi connectivity index (χ4v) is 1.79. The zero-order chi connectivity index (χ0) is 9.42. The normalized spacial score (nSPS) is 14.9. The number of nitrogens with zero attached hydrogens (tertiary/aromatic N) is 3. The van der Waals surface area contributed by atoms with E-state index < -0.39 is 0 Å². The minimum Gasteiger partial charge on any atom is -0.386 e. The van der Waals surface area contributed by atoms with Crippen LogP contribution < -0.4 is 17.2 Å². The molecule has 68 valence electrons. The maximum Gasteiger partial charge on any atom is 0.223 e. The summed E-state index contributed by atoms with van der Waals surface area (Å²) in [5.41, 5.74) is 17.1. The fourth-order valence-electron chi connectivity index (χ4n) is 0.992. The van der Waals surface area contributed by atoms with Crippen LogP contribution in [0.1, 0.15) is 0 Å². The molecule has 1 aromatic heterocycles. The van der Waals surface area contributed by atoms with E-state index >= 15 is 0 Å². The number of aliphatic imine (C=N–C) groups is 1. The zero-order valence-electron chi connectivity index (χ0n) is 6.69. The summed E-state index contributed by atoms with van der Waals surface area (Å²) in [5.74, 6) is 1.58. The quantitative estimate of drug-likeness (QED) is 0.492. The molecule has 6 N–H and O–H groups in total. The van der Waals surface area contributed by atoms with Gasteiger partial charge in [-0.15, -0.1) is 0 Å². The molecular formula is C6H8N6S. The molecular weight excluding hydrogens is 188 g/mol. The highest BCUT2D eigenvalue weighted by Gasteiger charge is 2.16. The summed E-state index contributed by atoms with van der Waals surface area (Å²) in [6.45, 7) is 0. The lowest BCUT2D eigenvalue weighted by Gasteiger charge is -2.12. The van der Waals surface area contributed by atoms with Crippen LogP contribution in [0.2, 0.25) is 0 Å². The van der Waals surface area contributed by atoms with Gasteiger partial charge in [-0.25, -0.2) is 9.98 Å². The van der Waals surface area contributed by atoms with Crippen molar-refractivity contribution in [2.75, 3.05) is 17.2 Å². The van der Waals surface area contributed by atoms with Crippen LogP contribution in [0.3, 0.4) is 0 Å². The lowest BCUT2D eigenvalue weighted by molar-refractivity contribution is 1.06. The summed E-state index contributed by atoms with van der Waals surface area (Å²) in [6, 6.07) is 0. The van der Waals surface area contributed by atoms with Crippen molar-refractivity contribution in [2.45, 2.75) is 5.03 Å². The lowest BCUT2D eigenvalue weighted by atomic mass is 10.4. The first kappa shape index (κ1) is 8.11. The summed E-state index contributed by atoms with van der Waals surface area (Å²) >= 11 is 1.46. The first-order valence-electron chi connectivity index (χ1n) is 3.55. The third kappa shape index (κ3) is 1.37. The van der Waals surface area contributed by atoms with Gasteiger partial charge >= 0.3 is 0 Å². The highest BCUT2D eigenvalue weighted by atomic mass is 32.2. The number of nitrogens with two attached hydrogens (primary N) is 3. The molecule has 13 heavy (non-hydrogen) atoms. The van der Waals surface area contributed by atoms with Gasteiger partial charge in [0, 0.05) is 0 Å². The number of anilines is 2. The van der Waals surface area contributed by atoms with E-state index in [1.54, 1.807) is 0 Å². The van der Waals surface area contributed by atoms with Crippen molar-refractivity contribution in [1.29, 1.82) is 0 Å². The second-order valence-corrected chi connectivity index (χ2v) is 3.48. The lowest BCUT2D eigenvalue weighted by Crippen LogP contribution is -2.17. The molecule has 0 saturated carbocycles. The van der Waals surface area contributed by atoms with Crippen LogP contribution >= 0.6 is 11.8 Å². The van der Waals surface area contributed by atoms with E-state index in [0.29, 0.717) is 22.3 Å². The van der Waals surface area contributed by atoms with Crippen LogP contribution in [-0.4, -0.2) is 21.6 Å². The molecule has 1 aliphatic heterocycles. The molecule has 1 aromatic rings. The van der Waals surface area contributed by atoms with E-state index in [0.717, 1.165) is 0 Å². The van der Waals surface area contributed by atoms with Gasteiger partial charge in [0.05, 0.1) is 5.75 Å². The Hall–Kier alpha value is -1.50. The number of thioether (sulfide) groups is 1. The number of hydrogen-bond donors (Lipinski definition) is 3. The predicted octanol–water partition coefficient (Wildman–Crippen LogP) is -0.265. The Bertz CT molecular complexity index is 387. The van der Waals surface area contributed by atoms with Crippen molar-refractivity contribution < 1.29 is 0 Å². The van der Waals surface area contributed by atoms with Crippen molar-refractivity contribution in [3.05, 3.63) is 0 Å². The molecule has 0 saturated heterocycles. The smallest absolute Gasteiger partial charge is 0.223 e. The summed E-state index contributed by atoms with van der Waals surface area (Å²) < 4.78 is 0. The molecule has 2 heterocycles. The van der Waals surface area contributed by atoms with E-state index in [9.17, 15) is 0 Å². The van der Waals surface area contributed by atoms with Gasteiger partial charge < -0.3 is 17.2 Å². The molecule has 0 unspecified atom stereocenters. The van der Waals surface area contributed by atoms with Gasteiger partial charge in [0.15, 0.2) is 5.82 Å². The van der Waals surface area contributed by atoms with Crippen LogP contribution in [0.5, 0.6) is 0 Å². The molecule has 6 nitrogen and oxygen atoms in total. The number of aromatic nitrogens is 2. The maximum absolute atomic E-state index is 5.60. The largest absolute Gasteiger partial charge is 0.386 e. The first-order chi connectivity index (χ1) is 6.16. The van der Waals surface area contributed by atoms with Gasteiger partial charge in [-0.05, 0) is 0 Å². The number of fused-ring (bicyclic) bond motifs is 1. The highest BCUT2D eigenvalue weighted by molar-refractivity contribution is 8.00. The third-order valence-electron chi connectivity index (χ3n) is 1.51. The Balaban J connectivity index is 2.61. The first-order valence-corrected chi connectivity index (χ1v) is 4.54. The second kappa shape index (κ2) is 2.77. The van der Waals surface area contributed by atoms with Crippen molar-refractivity contribution in [1.82, 2.24) is 9.97 Å². The Morgan fingerprint density at radius 2 is 1.92 bits per heavy atom. The average molecular weight is 196 g/mol. The van der Waals surface area contributed by atoms with E-state index in [1.807, 2.05) is 0 Å². The van der Waals surface area contributed by atoms with Gasteiger partial charge in [0.1, 0.15) is 16.5 Å². The molecule has 0 atom stereocenters. The third-order valence-corrected chi connectivity index (χ3v) is 2.51. The van der Waals surface area contributed by atoms with Crippen molar-refractivity contribution in [2.24, 2.45) is 10.7 Å². The van der Waals surface area contributed by atoms with E-state index in [2.05, 4.69) is 15.0 Å². The minimum atomic E-state index is 0.166. The summed E-state index contributed by atoms with van der Waals surface area (Å²) in [7, 11) is 0. The van der Waals surface area contributed by atoms with Crippen LogP contribution in [0.25, 0.3) is 0 Å². The Labute approximate surface area is 78.6 Å². The molecule has 0 amide bonds. The summed E-state index contributed by atoms with van der Waals surface area (Å²) in [6.07, 6.45) is 0. The predicted molar refractivity (Wildman–Crippen MR) is 52.9 cm³/mol. The van der Waals surface area contributed by atoms with Gasteiger partial charge in [0.2, 0.25) is 5.95 Å². The van der Waals surface area contributed by atoms with Gasteiger partial charge in [-0.2, -0.15) is 4.98 Å². The van der Waals surface area contributed by atoms with Crippen LogP contribution in [0, 0.1) is 0 Å². The van der Waals surface area contributed by atoms with Crippen molar-refractivity contribution >= 4 is 35.1 Å². The summed E-state index contributed by atoms with van der Waals surface area (Å²) in [4.78, 5) is 11.8. The average Bonchev–Trinajstić information content (AvgIpc) is 2.06. The van der Waals surface area contributed by atoms with E-state index in [4.69, 9.17) is 17.2 Å². The number of amidine groups is 1. The standard InChI is InChI=1S/C6H8N6S/c7-2-1-13-5-3(10-2)4(8)11-6(9)12-5/h1H2,(H2,7,10)(H4,8,9,11,12). The van der Waals surface area contributed by atoms with Crippen molar-refractivity contribution in [3.63, 3.8) is 0 Å². The molecule has 0 aromatic carbocycles. The highest BCUT2D eigenvalue weighted by Crippen LogP contribution is 2.35. The topological polar surface area (TPSA) is 116 Å². The van der Waals surface area contributed by atoms with Gasteiger partial charge in [-0.1, -0.05) is 11.8 Å². The molecule has 2 rings (SSSR count). The Kier molecular flexibility index (Phi) is 1.73. The second-order valence-electron chi connectivity index (χ2n) is 2.51. The maximum atomic E-state index is 5.60. The molecule has 7 heteroatoms. The molecule has 0 spiro atoms. The number of hydrogen-bond acceptors (Lipinski definition) is 7. The van der Waals surface area contributed by atoms with E-state index in [-0.39, 0.29) is 11.8 Å². The minimum absolute atomic E-state index is 0.166. The fraction of sp³-hybridized carbons (Fsp3) is 0.167. The Morgan fingerprint density at radius 1 is 1.15 bits per heavy atom. The monoisotopic (exact) mass is 196 g/mol. The molecule has 0 bridgehead atoms. The Morgan fingerprint density at radius 3 is 2.69 bits per heavy atom. The molecule has 0 fully saturated rings. The van der Waals surface area contributed by atoms with Gasteiger partial charge in [0.25, 0.3) is 0 Å². The molecule has 0 radical (unpaired) electrons. The summed E-state index contributed by atoms with van der Waals surface area (Å²) in [5, 5.41) is 0.694. The SMILES string of the molecule is NC1=Nc2c(N)nc(N)nc2SC1. The molecule has 1 aliphatic rings. The van der Waals surface area contributed by atoms with Crippen LogP contribution in [0.4, 0.5) is 17.5 Å². The van der Waals surface area contributed by atoms with Gasteiger partial charge in [-0.3, -0.25) is 0 Å². The van der Waals surface area contributed by atoms with Crippen LogP contribution in [-0.2, 0) is 0 Å². The number of nitrogen functional groups attached to an aromatic ring is 2. The van der Waals surface area contributed by atoms with Crippen LogP contribution in [0.15, 0.2) is 10.0 Å². The zero-order valence-corrected chi connectivity index (χ0v) is 7.51.